The summed E-state index contributed by atoms with van der Waals surface area (Å²) in [6.07, 6.45) is 1.83. The predicted molar refractivity (Wildman–Crippen MR) is 261 cm³/mol. The van der Waals surface area contributed by atoms with E-state index in [-0.39, 0.29) is 6.17 Å². The molecule has 1 unspecified atom stereocenters. The Morgan fingerprint density at radius 1 is 0.397 bits per heavy atom. The zero-order chi connectivity index (χ0) is 41.4. The number of nitrogens with zero attached hydrogens (tertiary/aromatic N) is 3. The van der Waals surface area contributed by atoms with E-state index in [0.717, 1.165) is 72.4 Å². The van der Waals surface area contributed by atoms with Crippen molar-refractivity contribution >= 4 is 77.0 Å². The van der Waals surface area contributed by atoms with Gasteiger partial charge in [-0.15, -0.1) is 0 Å². The highest BCUT2D eigenvalue weighted by Crippen LogP contribution is 2.41. The number of hydrogen-bond donors (Lipinski definition) is 1. The summed E-state index contributed by atoms with van der Waals surface area (Å²) < 4.78 is 11.5. The highest BCUT2D eigenvalue weighted by Gasteiger charge is 2.24. The molecule has 0 saturated heterocycles. The molecule has 0 bridgehead atoms. The zero-order valence-corrected chi connectivity index (χ0v) is 34.1. The molecule has 0 radical (unpaired) electrons. The molecule has 5 heteroatoms. The second kappa shape index (κ2) is 14.1. The largest absolute Gasteiger partial charge is 0.456 e. The van der Waals surface area contributed by atoms with Crippen molar-refractivity contribution in [3.05, 3.63) is 235 Å². The Kier molecular flexibility index (Phi) is 7.90. The fourth-order valence-electron chi connectivity index (χ4n) is 9.88. The number of allylic oxidation sites excluding steroid dienone is 1. The van der Waals surface area contributed by atoms with Gasteiger partial charge in [0, 0.05) is 61.0 Å². The molecule has 9 aromatic carbocycles. The zero-order valence-electron chi connectivity index (χ0n) is 34.1. The maximum Gasteiger partial charge on any atom is 0.146 e. The molecule has 13 rings (SSSR count). The Morgan fingerprint density at radius 3 is 1.63 bits per heavy atom. The Labute approximate surface area is 363 Å². The quantitative estimate of drug-likeness (QED) is 0.182. The number of nitrogens with one attached hydrogen (secondary N) is 1. The molecule has 1 atom stereocenters. The van der Waals surface area contributed by atoms with Crippen molar-refractivity contribution in [2.45, 2.75) is 6.17 Å². The lowest BCUT2D eigenvalue weighted by atomic mass is 9.99. The van der Waals surface area contributed by atoms with Gasteiger partial charge < -0.3 is 18.9 Å². The van der Waals surface area contributed by atoms with Gasteiger partial charge in [0.2, 0.25) is 0 Å². The summed E-state index contributed by atoms with van der Waals surface area (Å²) in [4.78, 5) is 5.31. The van der Waals surface area contributed by atoms with E-state index in [1.54, 1.807) is 0 Å². The monoisotopic (exact) mass is 806 g/mol. The van der Waals surface area contributed by atoms with E-state index >= 15 is 0 Å². The van der Waals surface area contributed by atoms with Gasteiger partial charge in [-0.25, -0.2) is 0 Å². The first-order chi connectivity index (χ1) is 31.2. The molecule has 0 fully saturated rings. The molecule has 4 heterocycles. The number of aromatic nitrogens is 2. The normalized spacial score (nSPS) is 14.2. The van der Waals surface area contributed by atoms with Gasteiger partial charge in [0.15, 0.2) is 0 Å². The minimum absolute atomic E-state index is 0.320. The fourth-order valence-corrected chi connectivity index (χ4v) is 9.88. The third-order valence-corrected chi connectivity index (χ3v) is 12.8. The second-order valence-electron chi connectivity index (χ2n) is 16.4. The van der Waals surface area contributed by atoms with E-state index < -0.39 is 0 Å². The van der Waals surface area contributed by atoms with E-state index in [1.165, 1.54) is 43.7 Å². The van der Waals surface area contributed by atoms with E-state index in [2.05, 4.69) is 221 Å². The molecule has 12 aromatic rings. The van der Waals surface area contributed by atoms with E-state index in [0.29, 0.717) is 0 Å². The fraction of sp³-hybridized carbons (Fsp3) is 0.0172. The molecule has 0 aliphatic carbocycles. The summed E-state index contributed by atoms with van der Waals surface area (Å²) in [6.45, 7) is 0. The smallest absolute Gasteiger partial charge is 0.146 e. The van der Waals surface area contributed by atoms with Gasteiger partial charge in [-0.3, -0.25) is 4.99 Å². The minimum atomic E-state index is -0.320. The van der Waals surface area contributed by atoms with Crippen LogP contribution < -0.4 is 5.32 Å². The molecule has 5 nitrogen and oxygen atoms in total. The number of furan rings is 1. The number of rotatable bonds is 6. The van der Waals surface area contributed by atoms with E-state index in [4.69, 9.17) is 9.41 Å². The Hall–Kier alpha value is -8.41. The van der Waals surface area contributed by atoms with Crippen molar-refractivity contribution in [1.29, 1.82) is 0 Å². The maximum absolute atomic E-state index is 6.74. The summed E-state index contributed by atoms with van der Waals surface area (Å²) >= 11 is 0. The van der Waals surface area contributed by atoms with Gasteiger partial charge in [-0.1, -0.05) is 140 Å². The number of hydrogen-bond acceptors (Lipinski definition) is 3. The van der Waals surface area contributed by atoms with Crippen LogP contribution in [0.25, 0.3) is 93.7 Å². The lowest BCUT2D eigenvalue weighted by Crippen LogP contribution is -2.25. The Bertz CT molecular complexity index is 3820. The number of aliphatic imine (C=N–C) groups is 1. The minimum Gasteiger partial charge on any atom is -0.456 e. The van der Waals surface area contributed by atoms with Crippen LogP contribution in [0.2, 0.25) is 0 Å². The molecule has 3 aromatic heterocycles. The molecule has 1 aliphatic heterocycles. The molecule has 0 amide bonds. The average molecular weight is 807 g/mol. The summed E-state index contributed by atoms with van der Waals surface area (Å²) in [7, 11) is 0. The van der Waals surface area contributed by atoms with Crippen LogP contribution >= 0.6 is 0 Å². The SMILES string of the molecule is C1=C(c2ccccc2)NC(c2cccc3oc4cc(-n5c6ccccc6c6cc(-c7ccc8c(c7)c7ccccc7n8-c7ccccc7)ccc65)ccc4c23)N=C1c1ccccc1. The number of para-hydroxylation sites is 3. The molecular weight excluding hydrogens is 769 g/mol. The third-order valence-electron chi connectivity index (χ3n) is 12.8. The summed E-state index contributed by atoms with van der Waals surface area (Å²) in [5.41, 5.74) is 16.2. The lowest BCUT2D eigenvalue weighted by molar-refractivity contribution is 0.658. The first-order valence-corrected chi connectivity index (χ1v) is 21.5. The van der Waals surface area contributed by atoms with Gasteiger partial charge in [0.05, 0.1) is 27.8 Å². The van der Waals surface area contributed by atoms with Gasteiger partial charge >= 0.3 is 0 Å². The number of fused-ring (bicyclic) bond motifs is 9. The summed E-state index contributed by atoms with van der Waals surface area (Å²) in [6, 6.07) is 75.7. The van der Waals surface area contributed by atoms with Crippen LogP contribution in [0.15, 0.2) is 228 Å². The first kappa shape index (κ1) is 35.4. The molecule has 0 saturated carbocycles. The van der Waals surface area contributed by atoms with Crippen LogP contribution in [0, 0.1) is 0 Å². The van der Waals surface area contributed by atoms with Gasteiger partial charge in [-0.2, -0.15) is 0 Å². The summed E-state index contributed by atoms with van der Waals surface area (Å²) in [5, 5.41) is 10.8. The average Bonchev–Trinajstić information content (AvgIpc) is 4.01. The standard InChI is InChI=1S/C58H38N4O/c1-4-15-37(16-5-1)49-36-50(38-17-6-2-7-18-38)60-58(59-49)46-23-14-26-55-57(46)45-30-29-42(35-56(45)63-55)62-52-25-13-11-22-44(52)48-34-40(28-32-54(48)62)39-27-31-53-47(33-39)43-21-10-12-24-51(43)61(53)41-19-8-3-9-20-41/h1-36,58-59H. The topological polar surface area (TPSA) is 47.4 Å². The maximum atomic E-state index is 6.74. The molecule has 0 spiro atoms. The highest BCUT2D eigenvalue weighted by molar-refractivity contribution is 6.15. The predicted octanol–water partition coefficient (Wildman–Crippen LogP) is 14.6. The lowest BCUT2D eigenvalue weighted by Gasteiger charge is -2.25. The summed E-state index contributed by atoms with van der Waals surface area (Å²) in [5.74, 6) is 0. The van der Waals surface area contributed by atoms with Crippen LogP contribution in [0.3, 0.4) is 0 Å². The van der Waals surface area contributed by atoms with Crippen LogP contribution in [-0.4, -0.2) is 14.8 Å². The highest BCUT2D eigenvalue weighted by atomic mass is 16.3. The number of benzene rings is 9. The van der Waals surface area contributed by atoms with Crippen LogP contribution in [0.5, 0.6) is 0 Å². The molecular formula is C58H38N4O. The van der Waals surface area contributed by atoms with Crippen molar-refractivity contribution in [3.63, 3.8) is 0 Å². The van der Waals surface area contributed by atoms with Crippen molar-refractivity contribution < 1.29 is 4.42 Å². The van der Waals surface area contributed by atoms with Gasteiger partial charge in [0.1, 0.15) is 17.3 Å². The third kappa shape index (κ3) is 5.67. The molecule has 296 valence electrons. The van der Waals surface area contributed by atoms with Crippen molar-refractivity contribution in [2.75, 3.05) is 0 Å². The Balaban J connectivity index is 0.921. The van der Waals surface area contributed by atoms with Crippen molar-refractivity contribution in [3.8, 4) is 22.5 Å². The van der Waals surface area contributed by atoms with Gasteiger partial charge in [-0.05, 0) is 95.1 Å². The second-order valence-corrected chi connectivity index (χ2v) is 16.4. The van der Waals surface area contributed by atoms with Gasteiger partial charge in [0.25, 0.3) is 0 Å². The van der Waals surface area contributed by atoms with E-state index in [1.807, 2.05) is 12.1 Å². The van der Waals surface area contributed by atoms with Crippen molar-refractivity contribution in [1.82, 2.24) is 14.5 Å². The van der Waals surface area contributed by atoms with Crippen LogP contribution in [0.4, 0.5) is 0 Å². The van der Waals surface area contributed by atoms with Crippen molar-refractivity contribution in [2.24, 2.45) is 4.99 Å². The first-order valence-electron chi connectivity index (χ1n) is 21.5. The van der Waals surface area contributed by atoms with E-state index in [9.17, 15) is 0 Å². The molecule has 63 heavy (non-hydrogen) atoms. The van der Waals surface area contributed by atoms with Crippen LogP contribution in [0.1, 0.15) is 22.9 Å². The van der Waals surface area contributed by atoms with Crippen LogP contribution in [-0.2, 0) is 0 Å². The molecule has 1 aliphatic rings. The molecule has 1 N–H and O–H groups in total. The Morgan fingerprint density at radius 2 is 0.968 bits per heavy atom.